The van der Waals surface area contributed by atoms with Crippen LogP contribution in [0.2, 0.25) is 40.2 Å². The van der Waals surface area contributed by atoms with Crippen LogP contribution in [0.25, 0.3) is 89.7 Å². The molecule has 25 heteroatoms. The van der Waals surface area contributed by atoms with Gasteiger partial charge in [-0.3, -0.25) is 0 Å². The van der Waals surface area contributed by atoms with E-state index in [4.69, 9.17) is 133 Å². The summed E-state index contributed by atoms with van der Waals surface area (Å²) < 4.78 is 3.19. The molecule has 2 aliphatic rings. The Kier molecular flexibility index (Phi) is 12.6. The Morgan fingerprint density at radius 3 is 0.649 bits per heavy atom. The third kappa shape index (κ3) is 6.63. The van der Waals surface area contributed by atoms with Crippen LogP contribution in [0.5, 0.6) is 0 Å². The normalized spacial score (nSPS) is 12.1. The van der Waals surface area contributed by atoms with Gasteiger partial charge in [-0.25, -0.2) is 9.97 Å². The van der Waals surface area contributed by atoms with E-state index in [1.807, 2.05) is 0 Å². The van der Waals surface area contributed by atoms with E-state index in [1.54, 1.807) is 0 Å². The zero-order valence-corrected chi connectivity index (χ0v) is 45.6. The molecule has 0 atom stereocenters. The maximum atomic E-state index is 6.74. The van der Waals surface area contributed by atoms with Crippen molar-refractivity contribution >= 4 is 264 Å². The monoisotopic (exact) mass is 1470 g/mol. The molecule has 8 bridgehead atoms. The molecule has 9 rings (SSSR count). The van der Waals surface area contributed by atoms with Crippen LogP contribution in [0.4, 0.5) is 0 Å². The first-order chi connectivity index (χ1) is 26.4. The van der Waals surface area contributed by atoms with Crippen molar-refractivity contribution in [1.29, 1.82) is 0 Å². The van der Waals surface area contributed by atoms with Gasteiger partial charge in [0.1, 0.15) is 0 Å². The molecule has 0 fully saturated rings. The summed E-state index contributed by atoms with van der Waals surface area (Å²) in [6.45, 7) is 0. The van der Waals surface area contributed by atoms with Gasteiger partial charge in [0.2, 0.25) is 0 Å². The summed E-state index contributed by atoms with van der Waals surface area (Å²) in [7, 11) is 0. The van der Waals surface area contributed by atoms with Crippen LogP contribution in [0.1, 0.15) is 0 Å². The number of aromatic nitrogens is 8. The zero-order chi connectivity index (χ0) is 40.1. The van der Waals surface area contributed by atoms with Crippen LogP contribution in [0.3, 0.4) is 0 Å². The van der Waals surface area contributed by atoms with Gasteiger partial charge in [0.25, 0.3) is 0 Å². The summed E-state index contributed by atoms with van der Waals surface area (Å²) >= 11 is 82.9. The Morgan fingerprint density at radius 1 is 0.281 bits per heavy atom. The molecule has 5 heterocycles. The maximum absolute atomic E-state index is 6.74. The van der Waals surface area contributed by atoms with Crippen LogP contribution in [0.15, 0.2) is 35.8 Å². The molecule has 7 aromatic rings. The quantitative estimate of drug-likeness (QED) is 0.0840. The Labute approximate surface area is 436 Å². The van der Waals surface area contributed by atoms with Crippen molar-refractivity contribution in [2.24, 2.45) is 0 Å². The minimum Gasteiger partial charge on any atom is -0.357 e. The predicted molar refractivity (Wildman–Crippen MR) is 256 cm³/mol. The molecule has 0 aliphatic carbocycles. The van der Waals surface area contributed by atoms with Gasteiger partial charge in [-0.1, -0.05) is 92.8 Å². The molecule has 8 nitrogen and oxygen atoms in total. The standard InChI is InChI=1S/C32Br8Cl8N8.Cu/c33-9-1-2(10(34)18(42)17(9)41)26-49-25(1)53-27-3-4(12(36)20(44)19(43)11(3)35)29(50-27)55-31-7-8(16(40)24(48)23(47)15(7)39)32(52-31)56-30-6-5(28(51-30)54-26)13(37)21(45)22(46)14(6)38;/q-2;+2. The molecule has 0 amide bonds. The summed E-state index contributed by atoms with van der Waals surface area (Å²) in [6.07, 6.45) is 0. The van der Waals surface area contributed by atoms with Gasteiger partial charge in [-0.05, 0) is 127 Å². The van der Waals surface area contributed by atoms with Crippen molar-refractivity contribution in [1.82, 2.24) is 39.9 Å². The molecule has 3 aromatic heterocycles. The molecule has 0 spiro atoms. The van der Waals surface area contributed by atoms with Gasteiger partial charge < -0.3 is 29.9 Å². The van der Waals surface area contributed by atoms with Gasteiger partial charge in [0.05, 0.1) is 63.5 Å². The Balaban J connectivity index is 0.00000455. The van der Waals surface area contributed by atoms with Crippen LogP contribution in [-0.4, -0.2) is 29.9 Å². The fourth-order valence-corrected chi connectivity index (χ4v) is 13.1. The molecule has 0 saturated heterocycles. The number of nitrogens with zero attached hydrogens (tertiary/aromatic N) is 8. The fourth-order valence-electron chi connectivity index (χ4n) is 6.10. The third-order valence-electron chi connectivity index (χ3n) is 8.55. The largest absolute Gasteiger partial charge is 2.00 e. The first-order valence-corrected chi connectivity index (χ1v) is 24.0. The number of fused-ring (bicyclic) bond motifs is 20. The van der Waals surface area contributed by atoms with E-state index in [9.17, 15) is 0 Å². The van der Waals surface area contributed by atoms with E-state index in [-0.39, 0.29) is 103 Å². The fraction of sp³-hybridized carbons (Fsp3) is 0. The van der Waals surface area contributed by atoms with E-state index in [0.717, 1.165) is 0 Å². The summed E-state index contributed by atoms with van der Waals surface area (Å²) in [4.78, 5) is 39.6. The molecule has 0 unspecified atom stereocenters. The molecular weight excluding hydrogens is 1480 g/mol. The van der Waals surface area contributed by atoms with Crippen molar-refractivity contribution in [3.05, 3.63) is 76.0 Å². The van der Waals surface area contributed by atoms with E-state index in [1.165, 1.54) is 0 Å². The number of rotatable bonds is 0. The first kappa shape index (κ1) is 44.5. The Hall–Kier alpha value is 0.919. The number of hydrogen-bond donors (Lipinski definition) is 0. The first-order valence-electron chi connectivity index (χ1n) is 14.6. The summed E-state index contributed by atoms with van der Waals surface area (Å²) in [5, 5.41) is 3.43. The second-order valence-electron chi connectivity index (χ2n) is 11.5. The van der Waals surface area contributed by atoms with Crippen molar-refractivity contribution in [2.45, 2.75) is 0 Å². The molecule has 2 aliphatic heterocycles. The third-order valence-corrected chi connectivity index (χ3v) is 20.1. The van der Waals surface area contributed by atoms with Gasteiger partial charge in [0.15, 0.2) is 0 Å². The summed E-state index contributed by atoms with van der Waals surface area (Å²) in [5.74, 6) is 0.635. The average Bonchev–Trinajstić information content (AvgIpc) is 3.92. The zero-order valence-electron chi connectivity index (χ0n) is 25.9. The molecule has 57 heavy (non-hydrogen) atoms. The van der Waals surface area contributed by atoms with Crippen LogP contribution >= 0.6 is 220 Å². The van der Waals surface area contributed by atoms with Gasteiger partial charge in [-0.15, -0.1) is 0 Å². The van der Waals surface area contributed by atoms with Crippen LogP contribution in [-0.2, 0) is 17.1 Å². The second-order valence-corrected chi connectivity index (χ2v) is 20.9. The minimum atomic E-state index is 0. The summed E-state index contributed by atoms with van der Waals surface area (Å²) in [6, 6.07) is 0. The molecule has 1 radical (unpaired) electrons. The number of benzene rings is 4. The van der Waals surface area contributed by atoms with Crippen molar-refractivity contribution < 1.29 is 17.1 Å². The van der Waals surface area contributed by atoms with E-state index in [0.29, 0.717) is 79.6 Å². The van der Waals surface area contributed by atoms with Gasteiger partial charge in [0, 0.05) is 102 Å². The molecular formula is C32Br8Cl8CuN8. The summed E-state index contributed by atoms with van der Waals surface area (Å²) in [5.41, 5.74) is 2.45. The van der Waals surface area contributed by atoms with Crippen molar-refractivity contribution in [2.75, 3.05) is 0 Å². The smallest absolute Gasteiger partial charge is 0.357 e. The maximum Gasteiger partial charge on any atom is 2.00 e. The van der Waals surface area contributed by atoms with Crippen molar-refractivity contribution in [3.63, 3.8) is 0 Å². The Bertz CT molecular complexity index is 2840. The van der Waals surface area contributed by atoms with E-state index >= 15 is 0 Å². The molecule has 0 saturated carbocycles. The Morgan fingerprint density at radius 2 is 0.456 bits per heavy atom. The van der Waals surface area contributed by atoms with Crippen LogP contribution < -0.4 is 9.97 Å². The molecule has 4 aromatic carbocycles. The van der Waals surface area contributed by atoms with Gasteiger partial charge >= 0.3 is 17.1 Å². The molecule has 291 valence electrons. The SMILES string of the molecule is Clc1c(Cl)c(Br)c2c(c1Br)-c1nc-2nc2[n-]c(nc3nc(nc4[n-]c(n1)c1c(Br)c(Cl)c(Cl)c(Br)c41)-c1c(Br)c(Cl)c(Cl)c(Br)c1-3)c1c(Br)c(Cl)c(Cl)c(Br)c21.[Cu+2]. The van der Waals surface area contributed by atoms with Gasteiger partial charge in [-0.2, -0.15) is 0 Å². The second kappa shape index (κ2) is 16.2. The van der Waals surface area contributed by atoms with E-state index < -0.39 is 0 Å². The number of halogens is 16. The minimum absolute atomic E-state index is 0. The van der Waals surface area contributed by atoms with Crippen LogP contribution in [0, 0.1) is 0 Å². The number of hydrogen-bond acceptors (Lipinski definition) is 6. The topological polar surface area (TPSA) is 106 Å². The predicted octanol–water partition coefficient (Wildman–Crippen LogP) is 17.5. The molecule has 0 N–H and O–H groups in total. The van der Waals surface area contributed by atoms with Crippen molar-refractivity contribution in [3.8, 4) is 45.6 Å². The average molecular weight is 1480 g/mol. The van der Waals surface area contributed by atoms with E-state index in [2.05, 4.69) is 127 Å².